The number of aromatic nitrogens is 3. The molecule has 6 heteroatoms. The van der Waals surface area contributed by atoms with Crippen LogP contribution in [0.5, 0.6) is 5.75 Å². The lowest BCUT2D eigenvalue weighted by Crippen LogP contribution is -2.13. The van der Waals surface area contributed by atoms with E-state index in [1.807, 2.05) is 61.5 Å². The maximum Gasteiger partial charge on any atom is 0.259 e. The molecule has 1 amide bonds. The molecular weight excluding hydrogens is 388 g/mol. The molecule has 0 saturated heterocycles. The Hall–Kier alpha value is -4.19. The second-order valence-corrected chi connectivity index (χ2v) is 7.30. The van der Waals surface area contributed by atoms with Crippen molar-refractivity contribution < 1.29 is 9.53 Å². The van der Waals surface area contributed by atoms with Crippen LogP contribution in [-0.2, 0) is 0 Å². The van der Waals surface area contributed by atoms with Crippen molar-refractivity contribution in [1.82, 2.24) is 15.0 Å². The van der Waals surface area contributed by atoms with Gasteiger partial charge in [0.1, 0.15) is 16.8 Å². The summed E-state index contributed by atoms with van der Waals surface area (Å²) in [6, 6.07) is 25.2. The molecule has 1 heterocycles. The van der Waals surface area contributed by atoms with Crippen molar-refractivity contribution in [3.63, 3.8) is 0 Å². The lowest BCUT2D eigenvalue weighted by Gasteiger charge is -2.11. The van der Waals surface area contributed by atoms with Crippen LogP contribution >= 0.6 is 0 Å². The van der Waals surface area contributed by atoms with Crippen LogP contribution < -0.4 is 10.1 Å². The van der Waals surface area contributed by atoms with E-state index in [2.05, 4.69) is 33.7 Å². The van der Waals surface area contributed by atoms with Crippen LogP contribution in [0.15, 0.2) is 78.9 Å². The van der Waals surface area contributed by atoms with Crippen LogP contribution in [-0.4, -0.2) is 28.0 Å². The van der Waals surface area contributed by atoms with Crippen LogP contribution in [0.25, 0.3) is 27.5 Å². The molecule has 0 fully saturated rings. The molecular formula is C25H20N4O2. The first-order valence-electron chi connectivity index (χ1n) is 9.94. The predicted molar refractivity (Wildman–Crippen MR) is 122 cm³/mol. The van der Waals surface area contributed by atoms with E-state index in [0.717, 1.165) is 27.5 Å². The number of para-hydroxylation sites is 1. The highest BCUT2D eigenvalue weighted by molar-refractivity contribution is 6.07. The van der Waals surface area contributed by atoms with Crippen LogP contribution in [0.2, 0.25) is 0 Å². The largest absolute Gasteiger partial charge is 0.496 e. The molecule has 0 aliphatic heterocycles. The molecule has 0 aliphatic rings. The third-order valence-corrected chi connectivity index (χ3v) is 5.28. The molecule has 1 N–H and O–H groups in total. The Morgan fingerprint density at radius 2 is 1.68 bits per heavy atom. The van der Waals surface area contributed by atoms with Gasteiger partial charge in [0.25, 0.3) is 5.91 Å². The first kappa shape index (κ1) is 18.8. The third kappa shape index (κ3) is 3.38. The van der Waals surface area contributed by atoms with Gasteiger partial charge in [-0.1, -0.05) is 48.5 Å². The summed E-state index contributed by atoms with van der Waals surface area (Å²) >= 11 is 0. The zero-order chi connectivity index (χ0) is 21.4. The van der Waals surface area contributed by atoms with Gasteiger partial charge < -0.3 is 10.1 Å². The van der Waals surface area contributed by atoms with Crippen LogP contribution in [0.1, 0.15) is 15.9 Å². The summed E-state index contributed by atoms with van der Waals surface area (Å²) in [5.74, 6) is 0.337. The predicted octanol–water partition coefficient (Wildman–Crippen LogP) is 5.14. The Balaban J connectivity index is 1.49. The van der Waals surface area contributed by atoms with Crippen LogP contribution in [0.4, 0.5) is 5.69 Å². The van der Waals surface area contributed by atoms with Gasteiger partial charge in [-0.05, 0) is 48.2 Å². The van der Waals surface area contributed by atoms with E-state index >= 15 is 0 Å². The van der Waals surface area contributed by atoms with Crippen molar-refractivity contribution in [2.24, 2.45) is 0 Å². The fourth-order valence-electron chi connectivity index (χ4n) is 3.78. The normalized spacial score (nSPS) is 11.0. The minimum absolute atomic E-state index is 0.235. The lowest BCUT2D eigenvalue weighted by molar-refractivity contribution is 0.102. The molecule has 4 aromatic carbocycles. The van der Waals surface area contributed by atoms with E-state index in [9.17, 15) is 4.79 Å². The summed E-state index contributed by atoms with van der Waals surface area (Å²) in [5.41, 5.74) is 4.39. The van der Waals surface area contributed by atoms with Crippen molar-refractivity contribution in [1.29, 1.82) is 0 Å². The summed E-state index contributed by atoms with van der Waals surface area (Å²) in [7, 11) is 1.57. The monoisotopic (exact) mass is 408 g/mol. The minimum Gasteiger partial charge on any atom is -0.496 e. The number of methoxy groups -OCH3 is 1. The molecule has 0 atom stereocenters. The molecule has 0 radical (unpaired) electrons. The van der Waals surface area contributed by atoms with Gasteiger partial charge in [0.15, 0.2) is 0 Å². The highest BCUT2D eigenvalue weighted by atomic mass is 16.5. The average molecular weight is 408 g/mol. The Morgan fingerprint density at radius 3 is 2.55 bits per heavy atom. The number of benzene rings is 4. The summed E-state index contributed by atoms with van der Waals surface area (Å²) < 4.78 is 5.41. The fraction of sp³-hybridized carbons (Fsp3) is 0.0800. The minimum atomic E-state index is -0.235. The third-order valence-electron chi connectivity index (χ3n) is 5.28. The number of fused-ring (bicyclic) bond motifs is 2. The summed E-state index contributed by atoms with van der Waals surface area (Å²) in [5, 5.41) is 14.4. The highest BCUT2D eigenvalue weighted by Crippen LogP contribution is 2.26. The van der Waals surface area contributed by atoms with Gasteiger partial charge in [0.05, 0.1) is 18.4 Å². The molecule has 5 aromatic rings. The number of aryl methyl sites for hydroxylation is 1. The fourth-order valence-corrected chi connectivity index (χ4v) is 3.78. The zero-order valence-corrected chi connectivity index (χ0v) is 17.2. The number of nitrogens with one attached hydrogen (secondary N) is 1. The number of hydrogen-bond donors (Lipinski definition) is 1. The van der Waals surface area contributed by atoms with Crippen LogP contribution in [0, 0.1) is 6.92 Å². The lowest BCUT2D eigenvalue weighted by atomic mass is 10.1. The highest BCUT2D eigenvalue weighted by Gasteiger charge is 2.15. The molecule has 0 aliphatic carbocycles. The molecule has 0 spiro atoms. The molecule has 0 bridgehead atoms. The number of carbonyl (C=O) groups excluding carboxylic acids is 1. The number of nitrogens with zero attached hydrogens (tertiary/aromatic N) is 3. The van der Waals surface area contributed by atoms with E-state index in [1.54, 1.807) is 18.0 Å². The summed E-state index contributed by atoms with van der Waals surface area (Å²) in [6.07, 6.45) is 0. The number of anilines is 1. The molecule has 5 rings (SSSR count). The Kier molecular flexibility index (Phi) is 4.59. The van der Waals surface area contributed by atoms with Gasteiger partial charge in [0, 0.05) is 11.1 Å². The van der Waals surface area contributed by atoms with Gasteiger partial charge in [-0.15, -0.1) is 15.0 Å². The molecule has 31 heavy (non-hydrogen) atoms. The first-order chi connectivity index (χ1) is 15.1. The van der Waals surface area contributed by atoms with E-state index in [0.29, 0.717) is 22.5 Å². The number of amides is 1. The Bertz CT molecular complexity index is 1430. The van der Waals surface area contributed by atoms with Gasteiger partial charge in [-0.3, -0.25) is 4.79 Å². The van der Waals surface area contributed by atoms with Gasteiger partial charge in [-0.25, -0.2) is 0 Å². The van der Waals surface area contributed by atoms with Gasteiger partial charge >= 0.3 is 0 Å². The van der Waals surface area contributed by atoms with Crippen molar-refractivity contribution in [2.45, 2.75) is 6.92 Å². The smallest absolute Gasteiger partial charge is 0.259 e. The quantitative estimate of drug-likeness (QED) is 0.447. The van der Waals surface area contributed by atoms with Crippen molar-refractivity contribution in [3.05, 3.63) is 90.0 Å². The molecule has 0 saturated carbocycles. The van der Waals surface area contributed by atoms with E-state index < -0.39 is 0 Å². The summed E-state index contributed by atoms with van der Waals surface area (Å²) in [6.45, 7) is 1.91. The van der Waals surface area contributed by atoms with Crippen molar-refractivity contribution >= 4 is 33.4 Å². The second kappa shape index (κ2) is 7.57. The average Bonchev–Trinajstić information content (AvgIpc) is 3.21. The van der Waals surface area contributed by atoms with Gasteiger partial charge in [0.2, 0.25) is 0 Å². The van der Waals surface area contributed by atoms with Gasteiger partial charge in [-0.2, -0.15) is 0 Å². The Labute approximate surface area is 179 Å². The van der Waals surface area contributed by atoms with E-state index in [4.69, 9.17) is 4.74 Å². The van der Waals surface area contributed by atoms with Crippen LogP contribution in [0.3, 0.4) is 0 Å². The maximum atomic E-state index is 12.8. The Morgan fingerprint density at radius 1 is 0.903 bits per heavy atom. The maximum absolute atomic E-state index is 12.8. The van der Waals surface area contributed by atoms with E-state index in [1.165, 1.54) is 0 Å². The second-order valence-electron chi connectivity index (χ2n) is 7.30. The molecule has 152 valence electrons. The zero-order valence-electron chi connectivity index (χ0n) is 17.2. The standard InChI is InChI=1S/C25H20N4O2/c1-16-7-5-11-20(24(16)31-2)25(30)26-18-13-14-21-22(15-18)28-29(27-21)23-12-6-9-17-8-3-4-10-19(17)23/h3-15H,1-2H3,(H,26,30). The first-order valence-corrected chi connectivity index (χ1v) is 9.94. The van der Waals surface area contributed by atoms with Crippen molar-refractivity contribution in [3.8, 4) is 11.4 Å². The van der Waals surface area contributed by atoms with Crippen molar-refractivity contribution in [2.75, 3.05) is 12.4 Å². The summed E-state index contributed by atoms with van der Waals surface area (Å²) in [4.78, 5) is 14.5. The molecule has 0 unspecified atom stereocenters. The number of ether oxygens (including phenoxy) is 1. The number of hydrogen-bond acceptors (Lipinski definition) is 4. The van der Waals surface area contributed by atoms with E-state index in [-0.39, 0.29) is 5.91 Å². The topological polar surface area (TPSA) is 69.0 Å². The number of carbonyl (C=O) groups is 1. The molecule has 6 nitrogen and oxygen atoms in total. The SMILES string of the molecule is COc1c(C)cccc1C(=O)Nc1ccc2nn(-c3cccc4ccccc34)nc2c1. The molecule has 1 aromatic heterocycles. The number of rotatable bonds is 4.